The fourth-order valence-corrected chi connectivity index (χ4v) is 4.09. The molecule has 0 saturated heterocycles. The molecule has 0 aromatic heterocycles. The minimum absolute atomic E-state index is 0.0238. The van der Waals surface area contributed by atoms with Gasteiger partial charge in [0, 0.05) is 6.54 Å². The van der Waals surface area contributed by atoms with Crippen LogP contribution in [0.2, 0.25) is 0 Å². The number of ether oxygens (including phenoxy) is 1. The van der Waals surface area contributed by atoms with Gasteiger partial charge in [-0.05, 0) is 36.6 Å². The average Bonchev–Trinajstić information content (AvgIpc) is 2.59. The number of aryl methyl sites for hydroxylation is 1. The van der Waals surface area contributed by atoms with Gasteiger partial charge in [0.05, 0.1) is 7.11 Å². The summed E-state index contributed by atoms with van der Waals surface area (Å²) in [5.41, 5.74) is 1.68. The van der Waals surface area contributed by atoms with Crippen LogP contribution in [-0.2, 0) is 21.2 Å². The lowest BCUT2D eigenvalue weighted by Gasteiger charge is -2.22. The molecule has 0 radical (unpaired) electrons. The summed E-state index contributed by atoms with van der Waals surface area (Å²) < 4.78 is 32.1. The highest BCUT2D eigenvalue weighted by atomic mass is 32.2. The highest BCUT2D eigenvalue weighted by Crippen LogP contribution is 2.27. The molecule has 0 heterocycles. The van der Waals surface area contributed by atoms with Crippen LogP contribution in [0.25, 0.3) is 0 Å². The number of carboxylic acids is 1. The molecule has 0 unspecified atom stereocenters. The molecule has 0 spiro atoms. The Morgan fingerprint density at radius 1 is 1.16 bits per heavy atom. The number of benzene rings is 2. The summed E-state index contributed by atoms with van der Waals surface area (Å²) in [4.78, 5) is 11.2. The highest BCUT2D eigenvalue weighted by Gasteiger charge is 2.29. The molecule has 2 rings (SSSR count). The fourth-order valence-electron chi connectivity index (χ4n) is 2.46. The zero-order valence-electron chi connectivity index (χ0n) is 14.2. The minimum atomic E-state index is -4.00. The Hall–Kier alpha value is -2.38. The van der Waals surface area contributed by atoms with Crippen molar-refractivity contribution in [1.82, 2.24) is 4.31 Å². The van der Waals surface area contributed by atoms with E-state index in [0.29, 0.717) is 6.42 Å². The van der Waals surface area contributed by atoms with Crippen molar-refractivity contribution >= 4 is 16.0 Å². The molecule has 2 aromatic carbocycles. The highest BCUT2D eigenvalue weighted by molar-refractivity contribution is 7.89. The maximum absolute atomic E-state index is 13.0. The van der Waals surface area contributed by atoms with E-state index in [1.807, 2.05) is 30.3 Å². The molecule has 0 atom stereocenters. The SMILES string of the molecule is COc1ccc(C)cc1S(=O)(=O)N(CCc1ccccc1)CC(=O)O. The lowest BCUT2D eigenvalue weighted by molar-refractivity contribution is -0.137. The first-order valence-electron chi connectivity index (χ1n) is 7.75. The van der Waals surface area contributed by atoms with Gasteiger partial charge in [-0.1, -0.05) is 36.4 Å². The molecule has 0 aliphatic heterocycles. The van der Waals surface area contributed by atoms with Crippen LogP contribution < -0.4 is 4.74 Å². The van der Waals surface area contributed by atoms with Gasteiger partial charge in [-0.15, -0.1) is 0 Å². The number of hydrogen-bond acceptors (Lipinski definition) is 4. The van der Waals surface area contributed by atoms with E-state index < -0.39 is 22.5 Å². The van der Waals surface area contributed by atoms with Crippen LogP contribution in [0.1, 0.15) is 11.1 Å². The second-order valence-corrected chi connectivity index (χ2v) is 7.53. The number of sulfonamides is 1. The van der Waals surface area contributed by atoms with E-state index in [9.17, 15) is 13.2 Å². The van der Waals surface area contributed by atoms with E-state index in [-0.39, 0.29) is 17.2 Å². The first-order valence-corrected chi connectivity index (χ1v) is 9.19. The molecule has 0 aliphatic rings. The van der Waals surface area contributed by atoms with Gasteiger partial charge in [-0.3, -0.25) is 4.79 Å². The Morgan fingerprint density at radius 3 is 2.44 bits per heavy atom. The topological polar surface area (TPSA) is 83.9 Å². The zero-order valence-corrected chi connectivity index (χ0v) is 15.0. The van der Waals surface area contributed by atoms with Gasteiger partial charge < -0.3 is 9.84 Å². The van der Waals surface area contributed by atoms with Crippen LogP contribution in [-0.4, -0.2) is 44.0 Å². The number of rotatable bonds is 8. The molecule has 6 nitrogen and oxygen atoms in total. The second-order valence-electron chi connectivity index (χ2n) is 5.62. The third kappa shape index (κ3) is 4.80. The lowest BCUT2D eigenvalue weighted by atomic mass is 10.1. The first kappa shape index (κ1) is 19.0. The number of aliphatic carboxylic acids is 1. The number of nitrogens with zero attached hydrogens (tertiary/aromatic N) is 1. The monoisotopic (exact) mass is 363 g/mol. The summed E-state index contributed by atoms with van der Waals surface area (Å²) in [6, 6.07) is 14.1. The normalized spacial score (nSPS) is 11.5. The Morgan fingerprint density at radius 2 is 1.84 bits per heavy atom. The van der Waals surface area contributed by atoms with Crippen LogP contribution in [0.5, 0.6) is 5.75 Å². The van der Waals surface area contributed by atoms with Gasteiger partial charge in [0.15, 0.2) is 0 Å². The number of carboxylic acid groups (broad SMARTS) is 1. The Bertz CT molecular complexity index is 834. The van der Waals surface area contributed by atoms with Gasteiger partial charge in [0.25, 0.3) is 0 Å². The largest absolute Gasteiger partial charge is 0.495 e. The maximum Gasteiger partial charge on any atom is 0.318 e. The van der Waals surface area contributed by atoms with E-state index in [4.69, 9.17) is 9.84 Å². The summed E-state index contributed by atoms with van der Waals surface area (Å²) in [6.07, 6.45) is 0.418. The zero-order chi connectivity index (χ0) is 18.4. The van der Waals surface area contributed by atoms with Gasteiger partial charge in [-0.2, -0.15) is 4.31 Å². The molecular weight excluding hydrogens is 342 g/mol. The summed E-state index contributed by atoms with van der Waals surface area (Å²) in [7, 11) is -2.62. The average molecular weight is 363 g/mol. The third-order valence-electron chi connectivity index (χ3n) is 3.74. The minimum Gasteiger partial charge on any atom is -0.495 e. The van der Waals surface area contributed by atoms with Crippen LogP contribution in [0.3, 0.4) is 0 Å². The Labute approximate surface area is 147 Å². The first-order chi connectivity index (χ1) is 11.8. The molecule has 0 amide bonds. The summed E-state index contributed by atoms with van der Waals surface area (Å²) in [6.45, 7) is 1.23. The number of carbonyl (C=O) groups is 1. The van der Waals surface area contributed by atoms with Crippen LogP contribution in [0, 0.1) is 6.92 Å². The van der Waals surface area contributed by atoms with Crippen LogP contribution in [0.4, 0.5) is 0 Å². The van der Waals surface area contributed by atoms with Gasteiger partial charge in [0.1, 0.15) is 17.2 Å². The van der Waals surface area contributed by atoms with E-state index in [1.165, 1.54) is 13.2 Å². The predicted octanol–water partition coefficient (Wildman–Crippen LogP) is 2.32. The van der Waals surface area contributed by atoms with Gasteiger partial charge in [0.2, 0.25) is 10.0 Å². The molecule has 134 valence electrons. The number of methoxy groups -OCH3 is 1. The summed E-state index contributed by atoms with van der Waals surface area (Å²) >= 11 is 0. The second kappa shape index (κ2) is 8.13. The Kier molecular flexibility index (Phi) is 6.17. The van der Waals surface area contributed by atoms with Crippen molar-refractivity contribution in [2.75, 3.05) is 20.2 Å². The Balaban J connectivity index is 2.35. The van der Waals surface area contributed by atoms with E-state index in [1.54, 1.807) is 19.1 Å². The molecule has 7 heteroatoms. The standard InChI is InChI=1S/C18H21NO5S/c1-14-8-9-16(24-2)17(12-14)25(22,23)19(13-18(20)21)11-10-15-6-4-3-5-7-15/h3-9,12H,10-11,13H2,1-2H3,(H,20,21). The molecule has 25 heavy (non-hydrogen) atoms. The summed E-state index contributed by atoms with van der Waals surface area (Å²) in [5.74, 6) is -1.01. The van der Waals surface area contributed by atoms with Crippen molar-refractivity contribution in [2.24, 2.45) is 0 Å². The van der Waals surface area contributed by atoms with Crippen LogP contribution in [0.15, 0.2) is 53.4 Å². The fraction of sp³-hybridized carbons (Fsp3) is 0.278. The molecule has 0 aliphatic carbocycles. The molecule has 1 N–H and O–H groups in total. The van der Waals surface area contributed by atoms with E-state index in [0.717, 1.165) is 15.4 Å². The van der Waals surface area contributed by atoms with Crippen molar-refractivity contribution in [3.8, 4) is 5.75 Å². The van der Waals surface area contributed by atoms with Crippen molar-refractivity contribution in [2.45, 2.75) is 18.2 Å². The van der Waals surface area contributed by atoms with Crippen LogP contribution >= 0.6 is 0 Å². The molecule has 0 bridgehead atoms. The predicted molar refractivity (Wildman–Crippen MR) is 94.3 cm³/mol. The van der Waals surface area contributed by atoms with E-state index in [2.05, 4.69) is 0 Å². The van der Waals surface area contributed by atoms with Crippen molar-refractivity contribution in [3.05, 3.63) is 59.7 Å². The number of hydrogen-bond donors (Lipinski definition) is 1. The van der Waals surface area contributed by atoms with E-state index >= 15 is 0 Å². The molecule has 0 saturated carbocycles. The quantitative estimate of drug-likeness (QED) is 0.778. The molecule has 0 fully saturated rings. The maximum atomic E-state index is 13.0. The smallest absolute Gasteiger partial charge is 0.318 e. The lowest BCUT2D eigenvalue weighted by Crippen LogP contribution is -2.37. The van der Waals surface area contributed by atoms with Crippen molar-refractivity contribution in [1.29, 1.82) is 0 Å². The van der Waals surface area contributed by atoms with Gasteiger partial charge in [-0.25, -0.2) is 8.42 Å². The van der Waals surface area contributed by atoms with Crippen molar-refractivity contribution in [3.63, 3.8) is 0 Å². The molecule has 2 aromatic rings. The van der Waals surface area contributed by atoms with Gasteiger partial charge >= 0.3 is 5.97 Å². The van der Waals surface area contributed by atoms with Crippen molar-refractivity contribution < 1.29 is 23.1 Å². The molecular formula is C18H21NO5S. The third-order valence-corrected chi connectivity index (χ3v) is 5.61. The summed E-state index contributed by atoms with van der Waals surface area (Å²) in [5, 5.41) is 9.14.